The van der Waals surface area contributed by atoms with Crippen LogP contribution in [0.1, 0.15) is 29.6 Å². The predicted octanol–water partition coefficient (Wildman–Crippen LogP) is 2.41. The van der Waals surface area contributed by atoms with Crippen molar-refractivity contribution in [2.45, 2.75) is 25.3 Å². The maximum Gasteiger partial charge on any atom is 0.255 e. The van der Waals surface area contributed by atoms with Crippen LogP contribution in [0.25, 0.3) is 0 Å². The molecule has 1 unspecified atom stereocenters. The lowest BCUT2D eigenvalue weighted by atomic mass is 10.0. The summed E-state index contributed by atoms with van der Waals surface area (Å²) in [5.74, 6) is 0.716. The summed E-state index contributed by atoms with van der Waals surface area (Å²) in [5, 5.41) is 0. The monoisotopic (exact) mass is 326 g/mol. The molecule has 1 aliphatic rings. The van der Waals surface area contributed by atoms with Gasteiger partial charge in [-0.25, -0.2) is 0 Å². The molecule has 1 aromatic rings. The number of carbonyl (C=O) groups excluding carboxylic acids is 1. The van der Waals surface area contributed by atoms with Gasteiger partial charge in [-0.1, -0.05) is 0 Å². The summed E-state index contributed by atoms with van der Waals surface area (Å²) in [6.07, 6.45) is 3.18. The van der Waals surface area contributed by atoms with E-state index >= 15 is 0 Å². The molecule has 5 heteroatoms. The highest BCUT2D eigenvalue weighted by Gasteiger charge is 2.27. The number of hydrogen-bond donors (Lipinski definition) is 1. The second-order valence-electron chi connectivity index (χ2n) is 4.73. The van der Waals surface area contributed by atoms with Gasteiger partial charge in [-0.2, -0.15) is 0 Å². The number of ether oxygens (including phenoxy) is 1. The molecule has 1 fully saturated rings. The molecule has 1 aliphatic heterocycles. The van der Waals surface area contributed by atoms with Gasteiger partial charge < -0.3 is 15.4 Å². The fourth-order valence-corrected chi connectivity index (χ4v) is 2.88. The Bertz CT molecular complexity index is 465. The normalized spacial score (nSPS) is 19.3. The van der Waals surface area contributed by atoms with Gasteiger partial charge in [0.15, 0.2) is 0 Å². The van der Waals surface area contributed by atoms with Crippen molar-refractivity contribution in [3.8, 4) is 5.75 Å². The van der Waals surface area contributed by atoms with Crippen LogP contribution in [-0.4, -0.2) is 37.0 Å². The second-order valence-corrected chi connectivity index (χ2v) is 5.58. The number of nitrogens with zero attached hydrogens (tertiary/aromatic N) is 1. The minimum atomic E-state index is 0.0286. The lowest BCUT2D eigenvalue weighted by Gasteiger charge is -2.35. The van der Waals surface area contributed by atoms with E-state index in [1.165, 1.54) is 0 Å². The number of carbonyl (C=O) groups is 1. The van der Waals surface area contributed by atoms with E-state index in [1.54, 1.807) is 13.2 Å². The summed E-state index contributed by atoms with van der Waals surface area (Å²) in [5.41, 5.74) is 6.41. The van der Waals surface area contributed by atoms with Crippen LogP contribution in [0, 0.1) is 0 Å². The lowest BCUT2D eigenvalue weighted by molar-refractivity contribution is 0.0622. The SMILES string of the molecule is COc1ccc(Br)c(C(=O)N2CCCCC2CN)c1. The van der Waals surface area contributed by atoms with E-state index in [1.807, 2.05) is 17.0 Å². The molecule has 2 rings (SSSR count). The van der Waals surface area contributed by atoms with Crippen LogP contribution in [0.5, 0.6) is 5.75 Å². The molecular weight excluding hydrogens is 308 g/mol. The molecule has 0 bridgehead atoms. The number of nitrogens with two attached hydrogens (primary N) is 1. The van der Waals surface area contributed by atoms with Crippen molar-refractivity contribution in [1.29, 1.82) is 0 Å². The minimum Gasteiger partial charge on any atom is -0.497 e. The van der Waals surface area contributed by atoms with Crippen molar-refractivity contribution in [1.82, 2.24) is 4.90 Å². The van der Waals surface area contributed by atoms with Crippen LogP contribution in [0.3, 0.4) is 0 Å². The summed E-state index contributed by atoms with van der Waals surface area (Å²) in [6, 6.07) is 5.60. The number of methoxy groups -OCH3 is 1. The summed E-state index contributed by atoms with van der Waals surface area (Å²) in [7, 11) is 1.60. The molecule has 0 spiro atoms. The molecule has 0 radical (unpaired) electrons. The third-order valence-electron chi connectivity index (χ3n) is 3.56. The molecule has 19 heavy (non-hydrogen) atoms. The number of benzene rings is 1. The first-order valence-corrected chi connectivity index (χ1v) is 7.31. The van der Waals surface area contributed by atoms with Crippen LogP contribution in [0.4, 0.5) is 0 Å². The van der Waals surface area contributed by atoms with E-state index in [0.717, 1.165) is 30.3 Å². The standard InChI is InChI=1S/C14H19BrN2O2/c1-19-11-5-6-13(15)12(8-11)14(18)17-7-3-2-4-10(17)9-16/h5-6,8,10H,2-4,7,9,16H2,1H3. The summed E-state index contributed by atoms with van der Waals surface area (Å²) >= 11 is 3.43. The second kappa shape index (κ2) is 6.39. The highest BCUT2D eigenvalue weighted by molar-refractivity contribution is 9.10. The zero-order valence-electron chi connectivity index (χ0n) is 11.1. The van der Waals surface area contributed by atoms with Gasteiger partial charge in [-0.05, 0) is 53.4 Å². The molecule has 1 atom stereocenters. The van der Waals surface area contributed by atoms with E-state index in [0.29, 0.717) is 17.9 Å². The van der Waals surface area contributed by atoms with Crippen LogP contribution >= 0.6 is 15.9 Å². The van der Waals surface area contributed by atoms with Crippen molar-refractivity contribution in [3.05, 3.63) is 28.2 Å². The molecule has 4 nitrogen and oxygen atoms in total. The van der Waals surface area contributed by atoms with Crippen molar-refractivity contribution in [2.75, 3.05) is 20.2 Å². The Balaban J connectivity index is 2.27. The highest BCUT2D eigenvalue weighted by Crippen LogP contribution is 2.26. The minimum absolute atomic E-state index is 0.0286. The van der Waals surface area contributed by atoms with Gasteiger partial charge in [-0.15, -0.1) is 0 Å². The van der Waals surface area contributed by atoms with Gasteiger partial charge in [0.05, 0.1) is 12.7 Å². The van der Waals surface area contributed by atoms with Crippen molar-refractivity contribution in [2.24, 2.45) is 5.73 Å². The number of halogens is 1. The molecule has 0 saturated carbocycles. The molecule has 104 valence electrons. The summed E-state index contributed by atoms with van der Waals surface area (Å²) in [4.78, 5) is 14.5. The summed E-state index contributed by atoms with van der Waals surface area (Å²) in [6.45, 7) is 1.30. The number of hydrogen-bond acceptors (Lipinski definition) is 3. The molecule has 0 aromatic heterocycles. The van der Waals surface area contributed by atoms with E-state index in [9.17, 15) is 4.79 Å². The van der Waals surface area contributed by atoms with Crippen LogP contribution < -0.4 is 10.5 Å². The number of likely N-dealkylation sites (tertiary alicyclic amines) is 1. The fraction of sp³-hybridized carbons (Fsp3) is 0.500. The quantitative estimate of drug-likeness (QED) is 0.928. The molecule has 1 saturated heterocycles. The summed E-state index contributed by atoms with van der Waals surface area (Å²) < 4.78 is 5.98. The molecular formula is C14H19BrN2O2. The lowest BCUT2D eigenvalue weighted by Crippen LogP contribution is -2.47. The van der Waals surface area contributed by atoms with Gasteiger partial charge in [0.1, 0.15) is 5.75 Å². The van der Waals surface area contributed by atoms with Gasteiger partial charge in [-0.3, -0.25) is 4.79 Å². The van der Waals surface area contributed by atoms with Crippen LogP contribution in [-0.2, 0) is 0 Å². The Morgan fingerprint density at radius 3 is 3.00 bits per heavy atom. The molecule has 1 aromatic carbocycles. The van der Waals surface area contributed by atoms with E-state index in [4.69, 9.17) is 10.5 Å². The van der Waals surface area contributed by atoms with E-state index < -0.39 is 0 Å². The predicted molar refractivity (Wildman–Crippen MR) is 78.4 cm³/mol. The van der Waals surface area contributed by atoms with Gasteiger partial charge >= 0.3 is 0 Å². The number of piperidine rings is 1. The van der Waals surface area contributed by atoms with Crippen molar-refractivity contribution >= 4 is 21.8 Å². The van der Waals surface area contributed by atoms with Gasteiger partial charge in [0.25, 0.3) is 5.91 Å². The maximum absolute atomic E-state index is 12.6. The van der Waals surface area contributed by atoms with Crippen LogP contribution in [0.2, 0.25) is 0 Å². The molecule has 1 heterocycles. The largest absolute Gasteiger partial charge is 0.497 e. The molecule has 1 amide bonds. The third-order valence-corrected chi connectivity index (χ3v) is 4.26. The Hall–Kier alpha value is -1.07. The maximum atomic E-state index is 12.6. The molecule has 0 aliphatic carbocycles. The Morgan fingerprint density at radius 2 is 2.32 bits per heavy atom. The first-order chi connectivity index (χ1) is 9.17. The fourth-order valence-electron chi connectivity index (χ4n) is 2.46. The van der Waals surface area contributed by atoms with Crippen molar-refractivity contribution in [3.63, 3.8) is 0 Å². The third kappa shape index (κ3) is 3.09. The van der Waals surface area contributed by atoms with Gasteiger partial charge in [0.2, 0.25) is 0 Å². The smallest absolute Gasteiger partial charge is 0.255 e. The zero-order valence-corrected chi connectivity index (χ0v) is 12.6. The first kappa shape index (κ1) is 14.3. The van der Waals surface area contributed by atoms with E-state index in [-0.39, 0.29) is 11.9 Å². The Kier molecular flexibility index (Phi) is 4.82. The zero-order chi connectivity index (χ0) is 13.8. The number of rotatable bonds is 3. The van der Waals surface area contributed by atoms with Crippen molar-refractivity contribution < 1.29 is 9.53 Å². The Morgan fingerprint density at radius 1 is 1.53 bits per heavy atom. The molecule has 2 N–H and O–H groups in total. The first-order valence-electron chi connectivity index (χ1n) is 6.52. The van der Waals surface area contributed by atoms with Gasteiger partial charge in [0, 0.05) is 23.6 Å². The highest BCUT2D eigenvalue weighted by atomic mass is 79.9. The Labute approximate surface area is 122 Å². The van der Waals surface area contributed by atoms with Crippen LogP contribution in [0.15, 0.2) is 22.7 Å². The topological polar surface area (TPSA) is 55.6 Å². The number of amides is 1. The average molecular weight is 327 g/mol. The average Bonchev–Trinajstić information content (AvgIpc) is 2.47. The van der Waals surface area contributed by atoms with E-state index in [2.05, 4.69) is 15.9 Å².